The van der Waals surface area contributed by atoms with E-state index in [0.717, 1.165) is 11.1 Å². The van der Waals surface area contributed by atoms with Crippen molar-refractivity contribution in [3.63, 3.8) is 0 Å². The van der Waals surface area contributed by atoms with Gasteiger partial charge in [-0.25, -0.2) is 9.97 Å². The number of rotatable bonds is 7. The van der Waals surface area contributed by atoms with Crippen molar-refractivity contribution in [2.24, 2.45) is 0 Å². The molecular formula is C21H20N2O4. The van der Waals surface area contributed by atoms with E-state index in [-0.39, 0.29) is 13.2 Å². The SMILES string of the molecule is CC(C(=O)O)c1ccccc1OCc1ccnc(-c2cccc(CO)c2)n1. The van der Waals surface area contributed by atoms with Crippen molar-refractivity contribution in [3.05, 3.63) is 77.6 Å². The number of hydrogen-bond acceptors (Lipinski definition) is 5. The Morgan fingerprint density at radius 3 is 2.74 bits per heavy atom. The van der Waals surface area contributed by atoms with E-state index in [2.05, 4.69) is 9.97 Å². The van der Waals surface area contributed by atoms with Gasteiger partial charge in [0.05, 0.1) is 18.2 Å². The molecule has 0 saturated carbocycles. The smallest absolute Gasteiger partial charge is 0.310 e. The van der Waals surface area contributed by atoms with Gasteiger partial charge in [0.25, 0.3) is 0 Å². The molecule has 27 heavy (non-hydrogen) atoms. The zero-order valence-electron chi connectivity index (χ0n) is 14.9. The predicted octanol–water partition coefficient (Wildman–Crippen LogP) is 3.40. The molecule has 0 radical (unpaired) electrons. The summed E-state index contributed by atoms with van der Waals surface area (Å²) in [5.41, 5.74) is 2.89. The minimum Gasteiger partial charge on any atom is -0.487 e. The van der Waals surface area contributed by atoms with Crippen LogP contribution in [0.1, 0.15) is 29.7 Å². The van der Waals surface area contributed by atoms with Gasteiger partial charge in [-0.3, -0.25) is 4.79 Å². The Kier molecular flexibility index (Phi) is 5.78. The summed E-state index contributed by atoms with van der Waals surface area (Å²) in [5.74, 6) is -0.504. The number of hydrogen-bond donors (Lipinski definition) is 2. The lowest BCUT2D eigenvalue weighted by molar-refractivity contribution is -0.138. The molecule has 2 N–H and O–H groups in total. The van der Waals surface area contributed by atoms with Gasteiger partial charge < -0.3 is 14.9 Å². The van der Waals surface area contributed by atoms with E-state index in [1.807, 2.05) is 24.3 Å². The number of ether oxygens (including phenoxy) is 1. The molecule has 2 aromatic carbocycles. The molecule has 0 amide bonds. The second-order valence-corrected chi connectivity index (χ2v) is 6.12. The fourth-order valence-corrected chi connectivity index (χ4v) is 2.68. The Hall–Kier alpha value is -3.25. The summed E-state index contributed by atoms with van der Waals surface area (Å²) in [4.78, 5) is 20.1. The molecule has 0 aliphatic carbocycles. The van der Waals surface area contributed by atoms with E-state index in [1.54, 1.807) is 43.5 Å². The Bertz CT molecular complexity index is 943. The van der Waals surface area contributed by atoms with Crippen LogP contribution in [0.15, 0.2) is 60.8 Å². The highest BCUT2D eigenvalue weighted by molar-refractivity contribution is 5.76. The van der Waals surface area contributed by atoms with E-state index >= 15 is 0 Å². The minimum atomic E-state index is -0.904. The van der Waals surface area contributed by atoms with Gasteiger partial charge in [-0.15, -0.1) is 0 Å². The van der Waals surface area contributed by atoms with Gasteiger partial charge in [-0.1, -0.05) is 36.4 Å². The minimum absolute atomic E-state index is 0.0464. The molecule has 3 aromatic rings. The zero-order valence-corrected chi connectivity index (χ0v) is 14.9. The Balaban J connectivity index is 1.79. The highest BCUT2D eigenvalue weighted by atomic mass is 16.5. The molecule has 1 unspecified atom stereocenters. The van der Waals surface area contributed by atoms with Crippen LogP contribution in [0.25, 0.3) is 11.4 Å². The lowest BCUT2D eigenvalue weighted by Gasteiger charge is -2.14. The number of aliphatic carboxylic acids is 1. The number of aromatic nitrogens is 2. The van der Waals surface area contributed by atoms with Gasteiger partial charge in [0.2, 0.25) is 0 Å². The number of carboxylic acids is 1. The molecule has 0 saturated heterocycles. The predicted molar refractivity (Wildman–Crippen MR) is 100 cm³/mol. The molecule has 1 aromatic heterocycles. The number of carbonyl (C=O) groups is 1. The largest absolute Gasteiger partial charge is 0.487 e. The first kappa shape index (κ1) is 18.5. The van der Waals surface area contributed by atoms with Crippen molar-refractivity contribution in [2.45, 2.75) is 26.1 Å². The molecule has 0 spiro atoms. The number of aliphatic hydroxyl groups is 1. The lowest BCUT2D eigenvalue weighted by Crippen LogP contribution is -2.10. The van der Waals surface area contributed by atoms with Crippen LogP contribution in [0, 0.1) is 0 Å². The molecular weight excluding hydrogens is 344 g/mol. The molecule has 1 heterocycles. The van der Waals surface area contributed by atoms with Gasteiger partial charge in [-0.2, -0.15) is 0 Å². The van der Waals surface area contributed by atoms with Crippen LogP contribution in [0.5, 0.6) is 5.75 Å². The van der Waals surface area contributed by atoms with Crippen LogP contribution < -0.4 is 4.74 Å². The second kappa shape index (κ2) is 8.42. The van der Waals surface area contributed by atoms with Crippen molar-refractivity contribution >= 4 is 5.97 Å². The lowest BCUT2D eigenvalue weighted by atomic mass is 10.0. The van der Waals surface area contributed by atoms with Crippen LogP contribution >= 0.6 is 0 Å². The number of para-hydroxylation sites is 1. The fraction of sp³-hybridized carbons (Fsp3) is 0.190. The first-order valence-corrected chi connectivity index (χ1v) is 8.55. The normalized spacial score (nSPS) is 11.8. The number of nitrogens with zero attached hydrogens (tertiary/aromatic N) is 2. The van der Waals surface area contributed by atoms with E-state index in [4.69, 9.17) is 4.74 Å². The van der Waals surface area contributed by atoms with Crippen LogP contribution in [0.2, 0.25) is 0 Å². The fourth-order valence-electron chi connectivity index (χ4n) is 2.68. The van der Waals surface area contributed by atoms with Crippen molar-refractivity contribution in [1.82, 2.24) is 9.97 Å². The number of carboxylic acid groups (broad SMARTS) is 1. The van der Waals surface area contributed by atoms with Crippen LogP contribution in [0.4, 0.5) is 0 Å². The summed E-state index contributed by atoms with van der Waals surface area (Å²) in [6.45, 7) is 1.77. The Labute approximate surface area is 157 Å². The monoisotopic (exact) mass is 364 g/mol. The Morgan fingerprint density at radius 1 is 1.15 bits per heavy atom. The number of aliphatic hydroxyl groups excluding tert-OH is 1. The van der Waals surface area contributed by atoms with Crippen molar-refractivity contribution in [1.29, 1.82) is 0 Å². The summed E-state index contributed by atoms with van der Waals surface area (Å²) in [5, 5.41) is 18.5. The summed E-state index contributed by atoms with van der Waals surface area (Å²) >= 11 is 0. The molecule has 138 valence electrons. The maximum absolute atomic E-state index is 11.3. The average Bonchev–Trinajstić information content (AvgIpc) is 2.72. The van der Waals surface area contributed by atoms with E-state index in [9.17, 15) is 15.0 Å². The van der Waals surface area contributed by atoms with Crippen LogP contribution in [0.3, 0.4) is 0 Å². The highest BCUT2D eigenvalue weighted by Crippen LogP contribution is 2.27. The maximum atomic E-state index is 11.3. The standard InChI is InChI=1S/C21H20N2O4/c1-14(21(25)26)18-7-2-3-8-19(18)27-13-17-9-10-22-20(23-17)16-6-4-5-15(11-16)12-24/h2-11,14,24H,12-13H2,1H3,(H,25,26). The third kappa shape index (κ3) is 4.48. The molecule has 0 aliphatic heterocycles. The molecule has 0 bridgehead atoms. The molecule has 6 heteroatoms. The summed E-state index contributed by atoms with van der Waals surface area (Å²) < 4.78 is 5.84. The Morgan fingerprint density at radius 2 is 1.96 bits per heavy atom. The van der Waals surface area contributed by atoms with Gasteiger partial charge in [0.1, 0.15) is 12.4 Å². The number of benzene rings is 2. The van der Waals surface area contributed by atoms with Gasteiger partial charge >= 0.3 is 5.97 Å². The maximum Gasteiger partial charge on any atom is 0.310 e. The van der Waals surface area contributed by atoms with E-state index in [0.29, 0.717) is 22.8 Å². The molecule has 0 aliphatic rings. The average molecular weight is 364 g/mol. The third-order valence-electron chi connectivity index (χ3n) is 4.21. The van der Waals surface area contributed by atoms with Crippen molar-refractivity contribution in [2.75, 3.05) is 0 Å². The first-order chi connectivity index (χ1) is 13.1. The molecule has 6 nitrogen and oxygen atoms in total. The molecule has 1 atom stereocenters. The van der Waals surface area contributed by atoms with E-state index in [1.165, 1.54) is 0 Å². The first-order valence-electron chi connectivity index (χ1n) is 8.55. The zero-order chi connectivity index (χ0) is 19.2. The van der Waals surface area contributed by atoms with Crippen molar-refractivity contribution < 1.29 is 19.7 Å². The van der Waals surface area contributed by atoms with Crippen LogP contribution in [-0.2, 0) is 18.0 Å². The van der Waals surface area contributed by atoms with Crippen molar-refractivity contribution in [3.8, 4) is 17.1 Å². The molecule has 0 fully saturated rings. The van der Waals surface area contributed by atoms with Gasteiger partial charge in [0, 0.05) is 17.3 Å². The topological polar surface area (TPSA) is 92.5 Å². The third-order valence-corrected chi connectivity index (χ3v) is 4.21. The summed E-state index contributed by atoms with van der Waals surface area (Å²) in [6.07, 6.45) is 1.65. The molecule has 3 rings (SSSR count). The van der Waals surface area contributed by atoms with E-state index < -0.39 is 11.9 Å². The second-order valence-electron chi connectivity index (χ2n) is 6.12. The van der Waals surface area contributed by atoms with Gasteiger partial charge in [0.15, 0.2) is 5.82 Å². The van der Waals surface area contributed by atoms with Crippen LogP contribution in [-0.4, -0.2) is 26.2 Å². The quantitative estimate of drug-likeness (QED) is 0.667. The summed E-state index contributed by atoms with van der Waals surface area (Å²) in [6, 6.07) is 16.2. The summed E-state index contributed by atoms with van der Waals surface area (Å²) in [7, 11) is 0. The highest BCUT2D eigenvalue weighted by Gasteiger charge is 2.18. The van der Waals surface area contributed by atoms with Gasteiger partial charge in [-0.05, 0) is 30.7 Å².